The van der Waals surface area contributed by atoms with Gasteiger partial charge in [-0.05, 0) is 18.2 Å². The molecule has 0 saturated carbocycles. The molecule has 0 spiro atoms. The average molecular weight is 235 g/mol. The van der Waals surface area contributed by atoms with E-state index in [0.29, 0.717) is 11.3 Å². The molecule has 0 saturated heterocycles. The lowest BCUT2D eigenvalue weighted by Crippen LogP contribution is -2.01. The summed E-state index contributed by atoms with van der Waals surface area (Å²) < 4.78 is 31.6. The van der Waals surface area contributed by atoms with Crippen LogP contribution in [0.15, 0.2) is 42.5 Å². The van der Waals surface area contributed by atoms with Gasteiger partial charge < -0.3 is 10.5 Å². The molecule has 2 aromatic carbocycles. The summed E-state index contributed by atoms with van der Waals surface area (Å²) in [5, 5.41) is 0. The number of anilines is 1. The quantitative estimate of drug-likeness (QED) is 0.829. The van der Waals surface area contributed by atoms with Gasteiger partial charge in [-0.2, -0.15) is 0 Å². The zero-order chi connectivity index (χ0) is 12.3. The third-order valence-corrected chi connectivity index (χ3v) is 2.30. The fourth-order valence-corrected chi connectivity index (χ4v) is 1.43. The monoisotopic (exact) mass is 235 g/mol. The van der Waals surface area contributed by atoms with Crippen molar-refractivity contribution < 1.29 is 13.5 Å². The number of hydrogen-bond acceptors (Lipinski definition) is 2. The van der Waals surface area contributed by atoms with Crippen molar-refractivity contribution in [2.24, 2.45) is 0 Å². The van der Waals surface area contributed by atoms with E-state index in [1.165, 1.54) is 24.3 Å². The van der Waals surface area contributed by atoms with Gasteiger partial charge in [-0.1, -0.05) is 18.2 Å². The molecule has 2 nitrogen and oxygen atoms in total. The Morgan fingerprint density at radius 1 is 1.06 bits per heavy atom. The maximum Gasteiger partial charge on any atom is 0.152 e. The molecule has 0 atom stereocenters. The summed E-state index contributed by atoms with van der Waals surface area (Å²) >= 11 is 0. The third kappa shape index (κ3) is 2.72. The lowest BCUT2D eigenvalue weighted by atomic mass is 10.2. The van der Waals surface area contributed by atoms with Crippen molar-refractivity contribution in [3.05, 3.63) is 59.7 Å². The molecule has 4 heteroatoms. The van der Waals surface area contributed by atoms with E-state index in [2.05, 4.69) is 0 Å². The van der Waals surface area contributed by atoms with Crippen LogP contribution in [0.1, 0.15) is 5.56 Å². The molecule has 0 fully saturated rings. The normalized spacial score (nSPS) is 10.2. The Labute approximate surface area is 97.6 Å². The summed E-state index contributed by atoms with van der Waals surface area (Å²) in [5.74, 6) is -0.536. The smallest absolute Gasteiger partial charge is 0.152 e. The summed E-state index contributed by atoms with van der Waals surface area (Å²) in [5.41, 5.74) is 5.84. The number of nitrogens with two attached hydrogens (primary N) is 1. The van der Waals surface area contributed by atoms with Crippen molar-refractivity contribution in [1.29, 1.82) is 0 Å². The molecule has 0 radical (unpaired) electrons. The van der Waals surface area contributed by atoms with Gasteiger partial charge in [0.1, 0.15) is 18.2 Å². The summed E-state index contributed by atoms with van der Waals surface area (Å²) in [4.78, 5) is 0. The number of benzene rings is 2. The lowest BCUT2D eigenvalue weighted by molar-refractivity contribution is 0.298. The summed E-state index contributed by atoms with van der Waals surface area (Å²) in [6.07, 6.45) is 0. The second kappa shape index (κ2) is 4.82. The number of nitrogen functional groups attached to an aromatic ring is 1. The lowest BCUT2D eigenvalue weighted by Gasteiger charge is -2.08. The Kier molecular flexibility index (Phi) is 3.23. The van der Waals surface area contributed by atoms with Crippen molar-refractivity contribution in [2.75, 3.05) is 5.73 Å². The van der Waals surface area contributed by atoms with Gasteiger partial charge in [-0.15, -0.1) is 0 Å². The summed E-state index contributed by atoms with van der Waals surface area (Å²) in [6.45, 7) is 0.0142. The van der Waals surface area contributed by atoms with E-state index in [0.717, 1.165) is 0 Å². The van der Waals surface area contributed by atoms with Crippen molar-refractivity contribution in [3.8, 4) is 5.75 Å². The minimum Gasteiger partial charge on any atom is -0.489 e. The van der Waals surface area contributed by atoms with Crippen LogP contribution in [0.5, 0.6) is 5.75 Å². The topological polar surface area (TPSA) is 35.2 Å². The predicted octanol–water partition coefficient (Wildman–Crippen LogP) is 3.13. The Bertz CT molecular complexity index is 529. The predicted molar refractivity (Wildman–Crippen MR) is 61.5 cm³/mol. The molecule has 2 N–H and O–H groups in total. The van der Waals surface area contributed by atoms with Crippen LogP contribution in [-0.4, -0.2) is 0 Å². The highest BCUT2D eigenvalue weighted by Crippen LogP contribution is 2.18. The third-order valence-electron chi connectivity index (χ3n) is 2.30. The Morgan fingerprint density at radius 2 is 1.82 bits per heavy atom. The molecule has 0 aliphatic rings. The highest BCUT2D eigenvalue weighted by atomic mass is 19.1. The number of ether oxygens (including phenoxy) is 1. The second-order valence-electron chi connectivity index (χ2n) is 3.57. The zero-order valence-corrected chi connectivity index (χ0v) is 8.99. The molecule has 88 valence electrons. The molecule has 0 aliphatic carbocycles. The highest BCUT2D eigenvalue weighted by molar-refractivity contribution is 5.42. The number of rotatable bonds is 3. The highest BCUT2D eigenvalue weighted by Gasteiger charge is 2.06. The van der Waals surface area contributed by atoms with Gasteiger partial charge in [-0.25, -0.2) is 8.78 Å². The summed E-state index contributed by atoms with van der Waals surface area (Å²) in [6, 6.07) is 10.4. The van der Waals surface area contributed by atoms with Gasteiger partial charge in [0.05, 0.1) is 5.69 Å². The molecule has 0 heterocycles. The molecule has 17 heavy (non-hydrogen) atoms. The average Bonchev–Trinajstić information content (AvgIpc) is 2.31. The van der Waals surface area contributed by atoms with E-state index in [1.807, 2.05) is 0 Å². The SMILES string of the molecule is Nc1cccc(COc2cccc(F)c2)c1F. The number of halogens is 2. The Balaban J connectivity index is 2.10. The molecular formula is C13H11F2NO. The van der Waals surface area contributed by atoms with Crippen LogP contribution >= 0.6 is 0 Å². The van der Waals surface area contributed by atoms with Gasteiger partial charge >= 0.3 is 0 Å². The largest absolute Gasteiger partial charge is 0.489 e. The van der Waals surface area contributed by atoms with E-state index in [9.17, 15) is 8.78 Å². The van der Waals surface area contributed by atoms with Crippen LogP contribution in [-0.2, 0) is 6.61 Å². The second-order valence-corrected chi connectivity index (χ2v) is 3.57. The molecule has 0 aromatic heterocycles. The standard InChI is InChI=1S/C13H11F2NO/c14-10-4-2-5-11(7-10)17-8-9-3-1-6-12(16)13(9)15/h1-7H,8,16H2. The van der Waals surface area contributed by atoms with E-state index in [-0.39, 0.29) is 12.3 Å². The first-order valence-electron chi connectivity index (χ1n) is 5.08. The minimum atomic E-state index is -0.496. The van der Waals surface area contributed by atoms with Crippen LogP contribution in [0.25, 0.3) is 0 Å². The van der Waals surface area contributed by atoms with Crippen LogP contribution in [0.2, 0.25) is 0 Å². The first-order valence-corrected chi connectivity index (χ1v) is 5.08. The van der Waals surface area contributed by atoms with E-state index >= 15 is 0 Å². The minimum absolute atomic E-state index is 0.0142. The van der Waals surface area contributed by atoms with Crippen molar-refractivity contribution in [2.45, 2.75) is 6.61 Å². The Hall–Kier alpha value is -2.10. The van der Waals surface area contributed by atoms with Crippen molar-refractivity contribution >= 4 is 5.69 Å². The zero-order valence-electron chi connectivity index (χ0n) is 8.99. The van der Waals surface area contributed by atoms with E-state index < -0.39 is 11.6 Å². The molecule has 2 aromatic rings. The first kappa shape index (κ1) is 11.4. The van der Waals surface area contributed by atoms with E-state index in [4.69, 9.17) is 10.5 Å². The summed E-state index contributed by atoms with van der Waals surface area (Å²) in [7, 11) is 0. The van der Waals surface area contributed by atoms with Gasteiger partial charge in [0.2, 0.25) is 0 Å². The van der Waals surface area contributed by atoms with Crippen LogP contribution in [0, 0.1) is 11.6 Å². The first-order chi connectivity index (χ1) is 8.16. The van der Waals surface area contributed by atoms with Crippen LogP contribution in [0.3, 0.4) is 0 Å². The maximum absolute atomic E-state index is 13.5. The molecule has 0 unspecified atom stereocenters. The molecule has 0 bridgehead atoms. The van der Waals surface area contributed by atoms with Crippen molar-refractivity contribution in [1.82, 2.24) is 0 Å². The molecule has 0 aliphatic heterocycles. The molecular weight excluding hydrogens is 224 g/mol. The van der Waals surface area contributed by atoms with Gasteiger partial charge in [-0.3, -0.25) is 0 Å². The molecule has 0 amide bonds. The fourth-order valence-electron chi connectivity index (χ4n) is 1.43. The fraction of sp³-hybridized carbons (Fsp3) is 0.0769. The van der Waals surface area contributed by atoms with E-state index in [1.54, 1.807) is 18.2 Å². The van der Waals surface area contributed by atoms with Crippen LogP contribution < -0.4 is 10.5 Å². The maximum atomic E-state index is 13.5. The van der Waals surface area contributed by atoms with Crippen molar-refractivity contribution in [3.63, 3.8) is 0 Å². The van der Waals surface area contributed by atoms with Gasteiger partial charge in [0.15, 0.2) is 5.82 Å². The molecule has 2 rings (SSSR count). The van der Waals surface area contributed by atoms with Gasteiger partial charge in [0, 0.05) is 11.6 Å². The number of hydrogen-bond donors (Lipinski definition) is 1. The van der Waals surface area contributed by atoms with Crippen LogP contribution in [0.4, 0.5) is 14.5 Å². The van der Waals surface area contributed by atoms with Gasteiger partial charge in [0.25, 0.3) is 0 Å². The Morgan fingerprint density at radius 3 is 2.59 bits per heavy atom.